The third-order valence-electron chi connectivity index (χ3n) is 7.95. The van der Waals surface area contributed by atoms with Crippen LogP contribution in [0.15, 0.2) is 29.3 Å². The van der Waals surface area contributed by atoms with Gasteiger partial charge in [-0.25, -0.2) is 4.99 Å². The van der Waals surface area contributed by atoms with Crippen LogP contribution in [0.2, 0.25) is 0 Å². The molecule has 2 aliphatic heterocycles. The van der Waals surface area contributed by atoms with Gasteiger partial charge >= 0.3 is 0 Å². The number of aliphatic imine (C=N–C) groups is 1. The molecule has 1 aromatic carbocycles. The van der Waals surface area contributed by atoms with Gasteiger partial charge in [-0.05, 0) is 37.3 Å². The summed E-state index contributed by atoms with van der Waals surface area (Å²) in [6, 6.07) is 9.26. The smallest absolute Gasteiger partial charge is 0.191 e. The number of morpholine rings is 1. The number of nitrogens with one attached hydrogen (secondary N) is 2. The van der Waals surface area contributed by atoms with Gasteiger partial charge in [-0.1, -0.05) is 37.1 Å². The molecular weight excluding hydrogens is 388 g/mol. The third-order valence-corrected chi connectivity index (χ3v) is 7.95. The first-order chi connectivity index (χ1) is 15.3. The molecule has 2 saturated heterocycles. The van der Waals surface area contributed by atoms with E-state index in [1.807, 2.05) is 0 Å². The lowest BCUT2D eigenvalue weighted by atomic mass is 9.54. The molecule has 1 aromatic rings. The summed E-state index contributed by atoms with van der Waals surface area (Å²) >= 11 is 0. The second-order valence-corrected chi connectivity index (χ2v) is 9.66. The normalized spacial score (nSPS) is 30.2. The average Bonchev–Trinajstić information content (AvgIpc) is 3.46. The van der Waals surface area contributed by atoms with Crippen molar-refractivity contribution in [3.63, 3.8) is 0 Å². The summed E-state index contributed by atoms with van der Waals surface area (Å²) in [5.74, 6) is 1.61. The van der Waals surface area contributed by atoms with E-state index in [9.17, 15) is 0 Å². The van der Waals surface area contributed by atoms with E-state index in [4.69, 9.17) is 14.5 Å². The van der Waals surface area contributed by atoms with Gasteiger partial charge in [0.15, 0.2) is 5.96 Å². The Morgan fingerprint density at radius 2 is 1.90 bits per heavy atom. The van der Waals surface area contributed by atoms with Crippen LogP contribution in [0.5, 0.6) is 0 Å². The molecule has 4 aliphatic rings. The lowest BCUT2D eigenvalue weighted by molar-refractivity contribution is -0.125. The summed E-state index contributed by atoms with van der Waals surface area (Å²) in [6.45, 7) is 9.34. The van der Waals surface area contributed by atoms with E-state index in [2.05, 4.69) is 46.7 Å². The molecule has 0 radical (unpaired) electrons. The van der Waals surface area contributed by atoms with E-state index in [1.165, 1.54) is 43.2 Å². The molecule has 5 rings (SSSR count). The van der Waals surface area contributed by atoms with Crippen LogP contribution < -0.4 is 10.6 Å². The highest BCUT2D eigenvalue weighted by molar-refractivity contribution is 5.80. The van der Waals surface area contributed by atoms with Crippen molar-refractivity contribution in [2.75, 3.05) is 39.5 Å². The summed E-state index contributed by atoms with van der Waals surface area (Å²) in [5.41, 5.74) is 3.03. The van der Waals surface area contributed by atoms with E-state index < -0.39 is 0 Å². The van der Waals surface area contributed by atoms with E-state index in [0.717, 1.165) is 52.0 Å². The first-order valence-electron chi connectivity index (χ1n) is 12.3. The number of rotatable bonds is 6. The Morgan fingerprint density at radius 1 is 1.13 bits per heavy atom. The van der Waals surface area contributed by atoms with Crippen LogP contribution in [0, 0.1) is 11.3 Å². The number of hydrogen-bond donors (Lipinski definition) is 2. The van der Waals surface area contributed by atoms with E-state index in [1.54, 1.807) is 0 Å². The standard InChI is InChI=1S/C25H38N4O2/c1-2-26-24(28-22-21-9-14-31-23(21)25(22)10-5-6-11-25)27-17-19-7-3-4-8-20(19)18-29-12-15-30-16-13-29/h3-4,7-8,21-23H,2,5-6,9-18H2,1H3,(H2,26,27,28). The Labute approximate surface area is 186 Å². The highest BCUT2D eigenvalue weighted by Gasteiger charge is 2.65. The molecule has 4 fully saturated rings. The molecule has 31 heavy (non-hydrogen) atoms. The largest absolute Gasteiger partial charge is 0.379 e. The van der Waals surface area contributed by atoms with Crippen molar-refractivity contribution in [1.29, 1.82) is 0 Å². The van der Waals surface area contributed by atoms with Crippen LogP contribution in [-0.2, 0) is 22.6 Å². The van der Waals surface area contributed by atoms with Crippen LogP contribution in [-0.4, -0.2) is 62.5 Å². The highest BCUT2D eigenvalue weighted by atomic mass is 16.5. The summed E-state index contributed by atoms with van der Waals surface area (Å²) < 4.78 is 11.7. The first kappa shape index (κ1) is 21.2. The van der Waals surface area contributed by atoms with Crippen LogP contribution in [0.1, 0.15) is 50.2 Å². The first-order valence-corrected chi connectivity index (χ1v) is 12.3. The van der Waals surface area contributed by atoms with Crippen LogP contribution in [0.4, 0.5) is 0 Å². The predicted octanol–water partition coefficient (Wildman–Crippen LogP) is 2.92. The molecule has 0 amide bonds. The molecule has 0 bridgehead atoms. The zero-order valence-electron chi connectivity index (χ0n) is 18.9. The van der Waals surface area contributed by atoms with Crippen molar-refractivity contribution < 1.29 is 9.47 Å². The lowest BCUT2D eigenvalue weighted by Crippen LogP contribution is -2.69. The Hall–Kier alpha value is -1.63. The zero-order chi connectivity index (χ0) is 21.1. The molecule has 6 nitrogen and oxygen atoms in total. The van der Waals surface area contributed by atoms with E-state index in [-0.39, 0.29) is 0 Å². The topological polar surface area (TPSA) is 58.1 Å². The maximum Gasteiger partial charge on any atom is 0.191 e. The molecule has 3 atom stereocenters. The third kappa shape index (κ3) is 4.22. The van der Waals surface area contributed by atoms with Crippen LogP contribution >= 0.6 is 0 Å². The zero-order valence-corrected chi connectivity index (χ0v) is 18.9. The molecule has 3 unspecified atom stereocenters. The van der Waals surface area contributed by atoms with Crippen LogP contribution in [0.25, 0.3) is 0 Å². The molecule has 2 heterocycles. The number of guanidine groups is 1. The van der Waals surface area contributed by atoms with Crippen molar-refractivity contribution in [2.45, 2.75) is 64.3 Å². The number of hydrogen-bond acceptors (Lipinski definition) is 4. The molecule has 6 heteroatoms. The summed E-state index contributed by atoms with van der Waals surface area (Å²) in [5, 5.41) is 7.37. The fourth-order valence-electron chi connectivity index (χ4n) is 6.40. The maximum atomic E-state index is 6.16. The highest BCUT2D eigenvalue weighted by Crippen LogP contribution is 2.60. The predicted molar refractivity (Wildman–Crippen MR) is 123 cm³/mol. The van der Waals surface area contributed by atoms with Gasteiger partial charge in [0.25, 0.3) is 0 Å². The quantitative estimate of drug-likeness (QED) is 0.541. The van der Waals surface area contributed by atoms with E-state index >= 15 is 0 Å². The fraction of sp³-hybridized carbons (Fsp3) is 0.720. The molecule has 0 aromatic heterocycles. The van der Waals surface area contributed by atoms with Crippen LogP contribution in [0.3, 0.4) is 0 Å². The summed E-state index contributed by atoms with van der Waals surface area (Å²) in [4.78, 5) is 7.52. The number of ether oxygens (including phenoxy) is 2. The lowest BCUT2D eigenvalue weighted by Gasteiger charge is -2.57. The Bertz CT molecular complexity index is 771. The number of nitrogens with zero attached hydrogens (tertiary/aromatic N) is 2. The molecule has 2 aliphatic carbocycles. The Morgan fingerprint density at radius 3 is 2.68 bits per heavy atom. The minimum absolute atomic E-state index is 0.339. The van der Waals surface area contributed by atoms with Gasteiger partial charge in [0, 0.05) is 50.2 Å². The molecule has 170 valence electrons. The van der Waals surface area contributed by atoms with Crippen molar-refractivity contribution in [1.82, 2.24) is 15.5 Å². The Balaban J connectivity index is 1.28. The van der Waals surface area contributed by atoms with Crippen molar-refractivity contribution in [3.8, 4) is 0 Å². The number of fused-ring (bicyclic) bond motifs is 2. The molecular formula is C25H38N4O2. The summed E-state index contributed by atoms with van der Waals surface area (Å²) in [7, 11) is 0. The van der Waals surface area contributed by atoms with Gasteiger partial charge in [0.1, 0.15) is 0 Å². The average molecular weight is 427 g/mol. The van der Waals surface area contributed by atoms with Gasteiger partial charge in [-0.15, -0.1) is 0 Å². The second kappa shape index (κ2) is 9.47. The van der Waals surface area contributed by atoms with Crippen molar-refractivity contribution >= 4 is 5.96 Å². The molecule has 2 N–H and O–H groups in total. The van der Waals surface area contributed by atoms with Gasteiger partial charge in [-0.2, -0.15) is 0 Å². The minimum atomic E-state index is 0.339. The van der Waals surface area contributed by atoms with E-state index in [0.29, 0.717) is 30.0 Å². The minimum Gasteiger partial charge on any atom is -0.379 e. The second-order valence-electron chi connectivity index (χ2n) is 9.66. The number of benzene rings is 1. The summed E-state index contributed by atoms with van der Waals surface area (Å²) in [6.07, 6.45) is 6.94. The van der Waals surface area contributed by atoms with Gasteiger partial charge in [-0.3, -0.25) is 4.90 Å². The monoisotopic (exact) mass is 426 g/mol. The maximum absolute atomic E-state index is 6.16. The van der Waals surface area contributed by atoms with Crippen molar-refractivity contribution in [2.24, 2.45) is 16.3 Å². The molecule has 1 spiro atoms. The fourth-order valence-corrected chi connectivity index (χ4v) is 6.40. The molecule has 2 saturated carbocycles. The van der Waals surface area contributed by atoms with Gasteiger partial charge in [0.2, 0.25) is 0 Å². The Kier molecular flexibility index (Phi) is 6.49. The SMILES string of the molecule is CCNC(=NCc1ccccc1CN1CCOCC1)NC1C2CCOC2C12CCCC2. The van der Waals surface area contributed by atoms with Gasteiger partial charge < -0.3 is 20.1 Å². The van der Waals surface area contributed by atoms with Gasteiger partial charge in [0.05, 0.1) is 25.9 Å². The van der Waals surface area contributed by atoms with Crippen molar-refractivity contribution in [3.05, 3.63) is 35.4 Å².